The van der Waals surface area contributed by atoms with Crippen molar-refractivity contribution < 1.29 is 0 Å². The summed E-state index contributed by atoms with van der Waals surface area (Å²) in [5.41, 5.74) is 4.02. The van der Waals surface area contributed by atoms with Gasteiger partial charge in [0.25, 0.3) is 5.56 Å². The zero-order valence-corrected chi connectivity index (χ0v) is 16.4. The van der Waals surface area contributed by atoms with Gasteiger partial charge in [-0.25, -0.2) is 4.99 Å². The van der Waals surface area contributed by atoms with E-state index in [1.54, 1.807) is 4.57 Å². The Labute approximate surface area is 172 Å². The van der Waals surface area contributed by atoms with Crippen molar-refractivity contribution in [2.75, 3.05) is 0 Å². The second kappa shape index (κ2) is 7.49. The Kier molecular flexibility index (Phi) is 4.54. The summed E-state index contributed by atoms with van der Waals surface area (Å²) < 4.78 is 2.50. The number of rotatable bonds is 3. The van der Waals surface area contributed by atoms with E-state index >= 15 is 0 Å². The van der Waals surface area contributed by atoms with E-state index in [1.165, 1.54) is 11.3 Å². The van der Waals surface area contributed by atoms with Crippen molar-refractivity contribution in [3.05, 3.63) is 133 Å². The summed E-state index contributed by atoms with van der Waals surface area (Å²) in [5, 5.41) is 0. The van der Waals surface area contributed by atoms with Gasteiger partial charge in [0.15, 0.2) is 4.80 Å². The van der Waals surface area contributed by atoms with Crippen molar-refractivity contribution in [1.82, 2.24) is 4.57 Å². The van der Waals surface area contributed by atoms with Crippen LogP contribution in [0, 0.1) is 0 Å². The first-order valence-electron chi connectivity index (χ1n) is 9.49. The van der Waals surface area contributed by atoms with Gasteiger partial charge in [0.05, 0.1) is 16.3 Å². The lowest BCUT2D eigenvalue weighted by atomic mass is 10.0. The van der Waals surface area contributed by atoms with Gasteiger partial charge in [-0.15, -0.1) is 0 Å². The molecule has 2 heterocycles. The molecule has 4 heteroatoms. The summed E-state index contributed by atoms with van der Waals surface area (Å²) in [4.78, 5) is 18.9. The Morgan fingerprint density at radius 2 is 1.45 bits per heavy atom. The summed E-state index contributed by atoms with van der Waals surface area (Å²) in [5.74, 6) is 0. The van der Waals surface area contributed by atoms with E-state index in [4.69, 9.17) is 4.99 Å². The second-order valence-corrected chi connectivity index (χ2v) is 7.87. The predicted molar refractivity (Wildman–Crippen MR) is 118 cm³/mol. The summed E-state index contributed by atoms with van der Waals surface area (Å²) >= 11 is 1.44. The van der Waals surface area contributed by atoms with E-state index in [-0.39, 0.29) is 11.6 Å². The van der Waals surface area contributed by atoms with Gasteiger partial charge in [0.1, 0.15) is 0 Å². The molecule has 0 bridgehead atoms. The minimum absolute atomic E-state index is 0.00480. The molecule has 3 aromatic carbocycles. The first-order valence-corrected chi connectivity index (χ1v) is 10.3. The van der Waals surface area contributed by atoms with Gasteiger partial charge in [-0.05, 0) is 28.8 Å². The highest BCUT2D eigenvalue weighted by atomic mass is 32.1. The van der Waals surface area contributed by atoms with Crippen molar-refractivity contribution in [2.45, 2.75) is 6.04 Å². The van der Waals surface area contributed by atoms with Gasteiger partial charge in [-0.1, -0.05) is 102 Å². The Balaban J connectivity index is 1.75. The van der Waals surface area contributed by atoms with Crippen LogP contribution in [0.25, 0.3) is 11.8 Å². The van der Waals surface area contributed by atoms with Crippen LogP contribution in [0.1, 0.15) is 22.7 Å². The Morgan fingerprint density at radius 3 is 2.14 bits per heavy atom. The van der Waals surface area contributed by atoms with E-state index in [9.17, 15) is 4.79 Å². The molecule has 0 saturated heterocycles. The maximum absolute atomic E-state index is 13.3. The number of fused-ring (bicyclic) bond motifs is 1. The minimum Gasteiger partial charge on any atom is -0.272 e. The second-order valence-electron chi connectivity index (χ2n) is 6.86. The molecule has 29 heavy (non-hydrogen) atoms. The average Bonchev–Trinajstić information content (AvgIpc) is 3.10. The molecule has 0 aliphatic carbocycles. The summed E-state index contributed by atoms with van der Waals surface area (Å²) in [6.45, 7) is 0. The Morgan fingerprint density at radius 1 is 0.828 bits per heavy atom. The molecule has 1 unspecified atom stereocenters. The SMILES string of the molecule is O=c1/c(=C\c2ccccc2)sc2n1C(c1ccccc1)C=C(c1ccccc1)N=2. The highest BCUT2D eigenvalue weighted by Crippen LogP contribution is 2.26. The van der Waals surface area contributed by atoms with Crippen LogP contribution in [0.3, 0.4) is 0 Å². The first kappa shape index (κ1) is 17.6. The molecule has 0 N–H and O–H groups in total. The zero-order valence-electron chi connectivity index (χ0n) is 15.6. The maximum atomic E-state index is 13.3. The number of nitrogens with zero attached hydrogens (tertiary/aromatic N) is 2. The lowest BCUT2D eigenvalue weighted by molar-refractivity contribution is 0.644. The summed E-state index contributed by atoms with van der Waals surface area (Å²) in [6, 6.07) is 30.0. The Hall–Kier alpha value is -3.50. The largest absolute Gasteiger partial charge is 0.272 e. The quantitative estimate of drug-likeness (QED) is 0.517. The van der Waals surface area contributed by atoms with Crippen molar-refractivity contribution in [3.8, 4) is 0 Å². The molecule has 0 saturated carbocycles. The van der Waals surface area contributed by atoms with Crippen LogP contribution < -0.4 is 14.9 Å². The third kappa shape index (κ3) is 3.39. The van der Waals surface area contributed by atoms with Crippen LogP contribution in [-0.4, -0.2) is 4.57 Å². The van der Waals surface area contributed by atoms with E-state index in [0.717, 1.165) is 27.2 Å². The molecule has 1 atom stereocenters. The number of aromatic nitrogens is 1. The molecule has 3 nitrogen and oxygen atoms in total. The van der Waals surface area contributed by atoms with Crippen molar-refractivity contribution in [2.24, 2.45) is 4.99 Å². The smallest absolute Gasteiger partial charge is 0.271 e. The van der Waals surface area contributed by atoms with Crippen LogP contribution in [0.15, 0.2) is 107 Å². The van der Waals surface area contributed by atoms with E-state index in [1.807, 2.05) is 72.8 Å². The number of thiazole rings is 1. The van der Waals surface area contributed by atoms with Crippen LogP contribution in [0.5, 0.6) is 0 Å². The molecule has 0 spiro atoms. The average molecular weight is 394 g/mol. The van der Waals surface area contributed by atoms with Gasteiger partial charge in [-0.2, -0.15) is 0 Å². The maximum Gasteiger partial charge on any atom is 0.271 e. The molecule has 1 aliphatic rings. The van der Waals surface area contributed by atoms with E-state index < -0.39 is 0 Å². The van der Waals surface area contributed by atoms with Gasteiger partial charge in [0, 0.05) is 0 Å². The molecular weight excluding hydrogens is 376 g/mol. The Bertz CT molecular complexity index is 1350. The highest BCUT2D eigenvalue weighted by molar-refractivity contribution is 7.07. The molecule has 5 rings (SSSR count). The summed E-state index contributed by atoms with van der Waals surface area (Å²) in [7, 11) is 0. The molecule has 0 amide bonds. The van der Waals surface area contributed by atoms with Gasteiger partial charge < -0.3 is 0 Å². The number of benzene rings is 3. The number of hydrogen-bond acceptors (Lipinski definition) is 3. The van der Waals surface area contributed by atoms with Crippen molar-refractivity contribution in [3.63, 3.8) is 0 Å². The fourth-order valence-electron chi connectivity index (χ4n) is 3.54. The number of hydrogen-bond donors (Lipinski definition) is 0. The van der Waals surface area contributed by atoms with Crippen LogP contribution >= 0.6 is 11.3 Å². The predicted octanol–water partition coefficient (Wildman–Crippen LogP) is 4.00. The fourth-order valence-corrected chi connectivity index (χ4v) is 4.56. The first-order chi connectivity index (χ1) is 14.3. The molecule has 140 valence electrons. The van der Waals surface area contributed by atoms with Crippen LogP contribution in [0.2, 0.25) is 0 Å². The van der Waals surface area contributed by atoms with Gasteiger partial charge in [0.2, 0.25) is 0 Å². The molecule has 0 radical (unpaired) electrons. The molecule has 1 aromatic heterocycles. The third-order valence-corrected chi connectivity index (χ3v) is 5.94. The van der Waals surface area contributed by atoms with Gasteiger partial charge in [-0.3, -0.25) is 9.36 Å². The normalized spacial score (nSPS) is 16.1. The zero-order chi connectivity index (χ0) is 19.6. The molecular formula is C25H18N2OS. The molecule has 4 aromatic rings. The number of allylic oxidation sites excluding steroid dienone is 1. The lowest BCUT2D eigenvalue weighted by Gasteiger charge is -2.19. The van der Waals surface area contributed by atoms with Crippen LogP contribution in [0.4, 0.5) is 0 Å². The summed E-state index contributed by atoms with van der Waals surface area (Å²) in [6.07, 6.45) is 4.02. The molecule has 1 aliphatic heterocycles. The van der Waals surface area contributed by atoms with Crippen LogP contribution in [-0.2, 0) is 0 Å². The minimum atomic E-state index is -0.180. The molecule has 0 fully saturated rings. The van der Waals surface area contributed by atoms with Crippen molar-refractivity contribution >= 4 is 23.1 Å². The van der Waals surface area contributed by atoms with E-state index in [2.05, 4.69) is 30.3 Å². The highest BCUT2D eigenvalue weighted by Gasteiger charge is 2.22. The van der Waals surface area contributed by atoms with Gasteiger partial charge >= 0.3 is 0 Å². The third-order valence-electron chi connectivity index (χ3n) is 4.95. The monoisotopic (exact) mass is 394 g/mol. The van der Waals surface area contributed by atoms with Crippen molar-refractivity contribution in [1.29, 1.82) is 0 Å². The fraction of sp³-hybridized carbons (Fsp3) is 0.0400. The topological polar surface area (TPSA) is 34.4 Å². The lowest BCUT2D eigenvalue weighted by Crippen LogP contribution is -2.36. The van der Waals surface area contributed by atoms with E-state index in [0.29, 0.717) is 4.53 Å². The standard InChI is InChI=1S/C25H18N2OS/c28-24-23(16-18-10-4-1-5-11-18)29-25-26-21(19-12-6-2-7-13-19)17-22(27(24)25)20-14-8-3-9-15-20/h1-17,22H/b23-16+.